The van der Waals surface area contributed by atoms with Crippen LogP contribution in [-0.2, 0) is 11.3 Å². The third-order valence-electron chi connectivity index (χ3n) is 3.47. The van der Waals surface area contributed by atoms with Crippen LogP contribution < -0.4 is 0 Å². The summed E-state index contributed by atoms with van der Waals surface area (Å²) in [5.74, 6) is 1.40. The molecular weight excluding hydrogens is 285 g/mol. The van der Waals surface area contributed by atoms with Crippen LogP contribution in [-0.4, -0.2) is 36.8 Å². The van der Waals surface area contributed by atoms with Crippen molar-refractivity contribution in [3.8, 4) is 0 Å². The number of furan rings is 1. The second-order valence-electron chi connectivity index (χ2n) is 5.31. The number of halogens is 1. The Morgan fingerprint density at radius 3 is 2.55 bits per heavy atom. The van der Waals surface area contributed by atoms with Gasteiger partial charge in [0.25, 0.3) is 0 Å². The molecule has 1 atom stereocenters. The molecule has 0 amide bonds. The van der Waals surface area contributed by atoms with Crippen LogP contribution in [0.3, 0.4) is 0 Å². The summed E-state index contributed by atoms with van der Waals surface area (Å²) in [5.41, 5.74) is 0.694. The van der Waals surface area contributed by atoms with Crippen LogP contribution in [0.25, 0.3) is 0 Å². The molecule has 0 saturated carbocycles. The number of hydrogen-bond acceptors (Lipinski definition) is 4. The summed E-state index contributed by atoms with van der Waals surface area (Å²) < 4.78 is 23.6. The lowest BCUT2D eigenvalue weighted by Gasteiger charge is -2.24. The molecule has 0 aliphatic carbocycles. The maximum atomic E-state index is 12.9. The lowest BCUT2D eigenvalue weighted by molar-refractivity contribution is 0.0809. The molecule has 0 radical (unpaired) electrons. The number of hydrogen-bond donors (Lipinski definition) is 1. The molecule has 0 aliphatic heterocycles. The van der Waals surface area contributed by atoms with Gasteiger partial charge in [-0.1, -0.05) is 12.1 Å². The summed E-state index contributed by atoms with van der Waals surface area (Å²) in [7, 11) is 1.64. The van der Waals surface area contributed by atoms with Crippen molar-refractivity contribution in [3.05, 3.63) is 59.3 Å². The largest absolute Gasteiger partial charge is 0.465 e. The molecule has 0 spiro atoms. The van der Waals surface area contributed by atoms with Gasteiger partial charge >= 0.3 is 0 Å². The van der Waals surface area contributed by atoms with Crippen LogP contribution in [0.15, 0.2) is 40.8 Å². The number of nitrogens with zero attached hydrogens (tertiary/aromatic N) is 1. The number of aliphatic hydroxyl groups is 1. The first-order chi connectivity index (χ1) is 10.6. The van der Waals surface area contributed by atoms with Gasteiger partial charge in [-0.2, -0.15) is 0 Å². The van der Waals surface area contributed by atoms with Crippen molar-refractivity contribution in [2.24, 2.45) is 0 Å². The van der Waals surface area contributed by atoms with E-state index in [-0.39, 0.29) is 5.82 Å². The third kappa shape index (κ3) is 4.94. The second-order valence-corrected chi connectivity index (χ2v) is 5.31. The first-order valence-electron chi connectivity index (χ1n) is 7.28. The van der Waals surface area contributed by atoms with Gasteiger partial charge in [0, 0.05) is 20.2 Å². The maximum absolute atomic E-state index is 12.9. The average Bonchev–Trinajstić information content (AvgIpc) is 2.90. The van der Waals surface area contributed by atoms with E-state index < -0.39 is 6.10 Å². The van der Waals surface area contributed by atoms with Crippen molar-refractivity contribution in [2.75, 3.05) is 26.8 Å². The molecule has 4 nitrogen and oxygen atoms in total. The van der Waals surface area contributed by atoms with Gasteiger partial charge in [0.05, 0.1) is 19.3 Å². The highest BCUT2D eigenvalue weighted by molar-refractivity contribution is 5.18. The molecule has 0 bridgehead atoms. The SMILES string of the molecule is COCCN(Cc1ccc(C)o1)CC(O)c1ccc(F)cc1. The average molecular weight is 307 g/mol. The molecule has 2 rings (SSSR count). The van der Waals surface area contributed by atoms with Crippen molar-refractivity contribution in [3.63, 3.8) is 0 Å². The van der Waals surface area contributed by atoms with Gasteiger partial charge in [-0.3, -0.25) is 4.90 Å². The molecule has 5 heteroatoms. The Balaban J connectivity index is 2.00. The number of aryl methyl sites for hydroxylation is 1. The summed E-state index contributed by atoms with van der Waals surface area (Å²) in [6, 6.07) is 9.76. The summed E-state index contributed by atoms with van der Waals surface area (Å²) >= 11 is 0. The molecule has 0 aliphatic rings. The van der Waals surface area contributed by atoms with E-state index in [0.717, 1.165) is 11.5 Å². The molecule has 1 unspecified atom stereocenters. The predicted octanol–water partition coefficient (Wildman–Crippen LogP) is 2.91. The van der Waals surface area contributed by atoms with Gasteiger partial charge in [0.15, 0.2) is 0 Å². The summed E-state index contributed by atoms with van der Waals surface area (Å²) in [6.45, 7) is 4.16. The lowest BCUT2D eigenvalue weighted by Crippen LogP contribution is -2.31. The minimum absolute atomic E-state index is 0.307. The highest BCUT2D eigenvalue weighted by atomic mass is 19.1. The van der Waals surface area contributed by atoms with Crippen molar-refractivity contribution < 1.29 is 18.7 Å². The van der Waals surface area contributed by atoms with Crippen LogP contribution in [0.1, 0.15) is 23.2 Å². The number of rotatable bonds is 8. The molecule has 1 aromatic heterocycles. The van der Waals surface area contributed by atoms with Crippen LogP contribution in [0.4, 0.5) is 4.39 Å². The smallest absolute Gasteiger partial charge is 0.123 e. The molecular formula is C17H22FNO3. The predicted molar refractivity (Wildman–Crippen MR) is 82.0 cm³/mol. The third-order valence-corrected chi connectivity index (χ3v) is 3.47. The zero-order valence-electron chi connectivity index (χ0n) is 13.0. The lowest BCUT2D eigenvalue weighted by atomic mass is 10.1. The van der Waals surface area contributed by atoms with E-state index in [0.29, 0.717) is 31.8 Å². The van der Waals surface area contributed by atoms with Crippen LogP contribution in [0.2, 0.25) is 0 Å². The van der Waals surface area contributed by atoms with E-state index >= 15 is 0 Å². The first-order valence-corrected chi connectivity index (χ1v) is 7.28. The van der Waals surface area contributed by atoms with Crippen LogP contribution >= 0.6 is 0 Å². The van der Waals surface area contributed by atoms with Gasteiger partial charge in [0.2, 0.25) is 0 Å². The zero-order valence-corrected chi connectivity index (χ0v) is 13.0. The van der Waals surface area contributed by atoms with Gasteiger partial charge < -0.3 is 14.3 Å². The molecule has 22 heavy (non-hydrogen) atoms. The fourth-order valence-electron chi connectivity index (χ4n) is 2.28. The minimum Gasteiger partial charge on any atom is -0.465 e. The Morgan fingerprint density at radius 2 is 1.95 bits per heavy atom. The fourth-order valence-corrected chi connectivity index (χ4v) is 2.28. The van der Waals surface area contributed by atoms with Gasteiger partial charge in [0.1, 0.15) is 17.3 Å². The molecule has 0 saturated heterocycles. The first kappa shape index (κ1) is 16.7. The summed E-state index contributed by atoms with van der Waals surface area (Å²) in [4.78, 5) is 2.05. The summed E-state index contributed by atoms with van der Waals surface area (Å²) in [6.07, 6.45) is -0.687. The number of aliphatic hydroxyl groups excluding tert-OH is 1. The number of ether oxygens (including phenoxy) is 1. The van der Waals surface area contributed by atoms with Gasteiger partial charge in [-0.25, -0.2) is 4.39 Å². The van der Waals surface area contributed by atoms with Crippen LogP contribution in [0, 0.1) is 12.7 Å². The Morgan fingerprint density at radius 1 is 1.23 bits per heavy atom. The number of benzene rings is 1. The van der Waals surface area contributed by atoms with Gasteiger partial charge in [-0.05, 0) is 36.8 Å². The Hall–Kier alpha value is -1.69. The second kappa shape index (κ2) is 8.08. The van der Waals surface area contributed by atoms with Gasteiger partial charge in [-0.15, -0.1) is 0 Å². The molecule has 120 valence electrons. The fraction of sp³-hybridized carbons (Fsp3) is 0.412. The Labute approximate surface area is 130 Å². The van der Waals surface area contributed by atoms with Crippen molar-refractivity contribution >= 4 is 0 Å². The van der Waals surface area contributed by atoms with E-state index in [1.54, 1.807) is 19.2 Å². The van der Waals surface area contributed by atoms with Crippen molar-refractivity contribution in [2.45, 2.75) is 19.6 Å². The molecule has 1 heterocycles. The maximum Gasteiger partial charge on any atom is 0.123 e. The normalized spacial score (nSPS) is 12.8. The minimum atomic E-state index is -0.687. The zero-order chi connectivity index (χ0) is 15.9. The topological polar surface area (TPSA) is 45.8 Å². The van der Waals surface area contributed by atoms with E-state index in [1.807, 2.05) is 19.1 Å². The van der Waals surface area contributed by atoms with E-state index in [9.17, 15) is 9.50 Å². The quantitative estimate of drug-likeness (QED) is 0.814. The number of methoxy groups -OCH3 is 1. The molecule has 1 aromatic carbocycles. The summed E-state index contributed by atoms with van der Waals surface area (Å²) in [5, 5.41) is 10.3. The van der Waals surface area contributed by atoms with E-state index in [2.05, 4.69) is 4.90 Å². The van der Waals surface area contributed by atoms with Crippen molar-refractivity contribution in [1.29, 1.82) is 0 Å². The Kier molecular flexibility index (Phi) is 6.12. The van der Waals surface area contributed by atoms with Crippen LogP contribution in [0.5, 0.6) is 0 Å². The highest BCUT2D eigenvalue weighted by Gasteiger charge is 2.15. The monoisotopic (exact) mass is 307 g/mol. The van der Waals surface area contributed by atoms with Crippen molar-refractivity contribution in [1.82, 2.24) is 4.90 Å². The highest BCUT2D eigenvalue weighted by Crippen LogP contribution is 2.17. The molecule has 2 aromatic rings. The standard InChI is InChI=1S/C17H22FNO3/c1-13-3-8-16(22-13)11-19(9-10-21-2)12-17(20)14-4-6-15(18)7-5-14/h3-8,17,20H,9-12H2,1-2H3. The van der Waals surface area contributed by atoms with E-state index in [4.69, 9.17) is 9.15 Å². The Bertz CT molecular complexity index is 568. The van der Waals surface area contributed by atoms with E-state index in [1.165, 1.54) is 12.1 Å². The molecule has 0 fully saturated rings. The molecule has 1 N–H and O–H groups in total.